The SMILES string of the molecule is COc1ccc2c(c1)CCC[C@@]21NC(=O)N(CN2CCN(S(=O)(=O)c3cccs3)CC2)C1=O. The monoisotopic (exact) mass is 490 g/mol. The van der Waals surface area contributed by atoms with E-state index in [4.69, 9.17) is 4.74 Å². The second-order valence-corrected chi connectivity index (χ2v) is 11.7. The summed E-state index contributed by atoms with van der Waals surface area (Å²) in [5.41, 5.74) is 0.812. The number of aryl methyl sites for hydroxylation is 1. The normalized spacial score (nSPS) is 24.2. The Morgan fingerprint density at radius 3 is 2.64 bits per heavy atom. The molecule has 1 aromatic heterocycles. The summed E-state index contributed by atoms with van der Waals surface area (Å²) in [5, 5.41) is 4.72. The maximum absolute atomic E-state index is 13.5. The molecule has 11 heteroatoms. The number of methoxy groups -OCH3 is 1. The van der Waals surface area contributed by atoms with Crippen LogP contribution < -0.4 is 10.1 Å². The number of urea groups is 1. The summed E-state index contributed by atoms with van der Waals surface area (Å²) in [6.07, 6.45) is 2.18. The van der Waals surface area contributed by atoms with E-state index in [-0.39, 0.29) is 12.6 Å². The Hall–Kier alpha value is -2.47. The molecule has 0 radical (unpaired) electrons. The van der Waals surface area contributed by atoms with Crippen molar-refractivity contribution < 1.29 is 22.7 Å². The zero-order valence-electron chi connectivity index (χ0n) is 18.3. The van der Waals surface area contributed by atoms with Crippen LogP contribution in [0.2, 0.25) is 0 Å². The first kappa shape index (κ1) is 22.3. The fourth-order valence-electron chi connectivity index (χ4n) is 4.95. The number of imide groups is 1. The summed E-state index contributed by atoms with van der Waals surface area (Å²) in [7, 11) is -1.89. The van der Waals surface area contributed by atoms with Crippen LogP contribution in [0.3, 0.4) is 0 Å². The zero-order valence-corrected chi connectivity index (χ0v) is 20.0. The summed E-state index contributed by atoms with van der Waals surface area (Å²) in [6.45, 7) is 1.67. The zero-order chi connectivity index (χ0) is 23.2. The topological polar surface area (TPSA) is 99.3 Å². The Morgan fingerprint density at radius 1 is 1.15 bits per heavy atom. The molecular formula is C22H26N4O5S2. The number of fused-ring (bicyclic) bond motifs is 2. The minimum atomic E-state index is -3.50. The Balaban J connectivity index is 1.29. The van der Waals surface area contributed by atoms with Crippen molar-refractivity contribution in [1.82, 2.24) is 19.4 Å². The number of hydrogen-bond donors (Lipinski definition) is 1. The fourth-order valence-corrected chi connectivity index (χ4v) is 7.52. The van der Waals surface area contributed by atoms with Gasteiger partial charge in [-0.15, -0.1) is 11.3 Å². The average Bonchev–Trinajstić information content (AvgIpc) is 3.44. The third-order valence-electron chi connectivity index (χ3n) is 6.71. The maximum Gasteiger partial charge on any atom is 0.326 e. The molecular weight excluding hydrogens is 464 g/mol. The van der Waals surface area contributed by atoms with Gasteiger partial charge in [-0.25, -0.2) is 18.1 Å². The number of amides is 3. The van der Waals surface area contributed by atoms with Gasteiger partial charge in [-0.2, -0.15) is 4.31 Å². The molecule has 33 heavy (non-hydrogen) atoms. The van der Waals surface area contributed by atoms with E-state index in [1.54, 1.807) is 24.6 Å². The van der Waals surface area contributed by atoms with Gasteiger partial charge in [0.25, 0.3) is 15.9 Å². The highest BCUT2D eigenvalue weighted by atomic mass is 32.2. The van der Waals surface area contributed by atoms with Gasteiger partial charge in [0.05, 0.1) is 13.8 Å². The molecule has 9 nitrogen and oxygen atoms in total. The summed E-state index contributed by atoms with van der Waals surface area (Å²) in [4.78, 5) is 29.6. The standard InChI is InChI=1S/C22H26N4O5S2/c1-31-17-6-7-18-16(14-17)4-2-8-22(18)20(27)26(21(28)23-22)15-24-9-11-25(12-10-24)33(29,30)19-5-3-13-32-19/h3,5-7,13-14H,2,4,8-12,15H2,1H3,(H,23,28)/t22-/m1/s1. The third-order valence-corrected chi connectivity index (χ3v) is 9.98. The molecule has 2 fully saturated rings. The van der Waals surface area contributed by atoms with Crippen LogP contribution in [-0.2, 0) is 26.8 Å². The predicted molar refractivity (Wildman–Crippen MR) is 123 cm³/mol. The molecule has 2 aromatic rings. The van der Waals surface area contributed by atoms with E-state index in [2.05, 4.69) is 5.32 Å². The van der Waals surface area contributed by atoms with E-state index in [9.17, 15) is 18.0 Å². The van der Waals surface area contributed by atoms with Crippen molar-refractivity contribution in [1.29, 1.82) is 0 Å². The van der Waals surface area contributed by atoms with Crippen LogP contribution in [0.25, 0.3) is 0 Å². The number of carbonyl (C=O) groups is 2. The Morgan fingerprint density at radius 2 is 1.94 bits per heavy atom. The van der Waals surface area contributed by atoms with Gasteiger partial charge in [-0.05, 0) is 54.0 Å². The van der Waals surface area contributed by atoms with Crippen LogP contribution >= 0.6 is 11.3 Å². The minimum Gasteiger partial charge on any atom is -0.497 e. The Kier molecular flexibility index (Phi) is 5.68. The third kappa shape index (κ3) is 3.72. The number of carbonyl (C=O) groups excluding carboxylic acids is 2. The summed E-state index contributed by atoms with van der Waals surface area (Å²) in [6, 6.07) is 8.56. The highest BCUT2D eigenvalue weighted by molar-refractivity contribution is 7.91. The van der Waals surface area contributed by atoms with Gasteiger partial charge in [-0.3, -0.25) is 9.69 Å². The molecule has 176 valence electrons. The first-order chi connectivity index (χ1) is 15.8. The molecule has 1 aliphatic carbocycles. The van der Waals surface area contributed by atoms with E-state index in [0.717, 1.165) is 29.7 Å². The molecule has 0 unspecified atom stereocenters. The van der Waals surface area contributed by atoms with Gasteiger partial charge < -0.3 is 10.1 Å². The van der Waals surface area contributed by atoms with E-state index < -0.39 is 21.6 Å². The number of hydrogen-bond acceptors (Lipinski definition) is 7. The van der Waals surface area contributed by atoms with Crippen LogP contribution in [0.15, 0.2) is 39.9 Å². The smallest absolute Gasteiger partial charge is 0.326 e. The molecule has 1 N–H and O–H groups in total. The summed E-state index contributed by atoms with van der Waals surface area (Å²) in [5.74, 6) is 0.488. The molecule has 3 aliphatic rings. The second-order valence-electron chi connectivity index (χ2n) is 8.54. The van der Waals surface area contributed by atoms with E-state index in [0.29, 0.717) is 36.8 Å². The maximum atomic E-state index is 13.5. The van der Waals surface area contributed by atoms with Gasteiger partial charge in [0.2, 0.25) is 0 Å². The number of sulfonamides is 1. The molecule has 1 spiro atoms. The van der Waals surface area contributed by atoms with E-state index in [1.165, 1.54) is 20.5 Å². The lowest BCUT2D eigenvalue weighted by Gasteiger charge is -2.36. The quantitative estimate of drug-likeness (QED) is 0.642. The fraction of sp³-hybridized carbons (Fsp3) is 0.455. The molecule has 0 bridgehead atoms. The molecule has 3 amide bonds. The van der Waals surface area contributed by atoms with E-state index in [1.807, 2.05) is 23.1 Å². The average molecular weight is 491 g/mol. The van der Waals surface area contributed by atoms with Gasteiger partial charge in [0.15, 0.2) is 0 Å². The van der Waals surface area contributed by atoms with Crippen LogP contribution in [-0.4, -0.2) is 74.4 Å². The highest BCUT2D eigenvalue weighted by Gasteiger charge is 2.54. The number of nitrogens with zero attached hydrogens (tertiary/aromatic N) is 3. The van der Waals surface area contributed by atoms with Crippen molar-refractivity contribution in [2.24, 2.45) is 0 Å². The van der Waals surface area contributed by atoms with Crippen molar-refractivity contribution >= 4 is 33.3 Å². The Bertz CT molecular complexity index is 1180. The van der Waals surface area contributed by atoms with E-state index >= 15 is 0 Å². The molecule has 5 rings (SSSR count). The lowest BCUT2D eigenvalue weighted by atomic mass is 9.76. The molecule has 2 saturated heterocycles. The van der Waals surface area contributed by atoms with Crippen molar-refractivity contribution in [2.45, 2.75) is 29.0 Å². The number of piperazine rings is 1. The molecule has 3 heterocycles. The van der Waals surface area contributed by atoms with Gasteiger partial charge >= 0.3 is 6.03 Å². The summed E-state index contributed by atoms with van der Waals surface area (Å²) >= 11 is 1.20. The van der Waals surface area contributed by atoms with Crippen molar-refractivity contribution in [3.8, 4) is 5.75 Å². The first-order valence-corrected chi connectivity index (χ1v) is 13.2. The predicted octanol–water partition coefficient (Wildman–Crippen LogP) is 1.80. The van der Waals surface area contributed by atoms with Crippen LogP contribution in [0, 0.1) is 0 Å². The molecule has 1 aromatic carbocycles. The lowest BCUT2D eigenvalue weighted by molar-refractivity contribution is -0.133. The lowest BCUT2D eigenvalue weighted by Crippen LogP contribution is -2.53. The summed E-state index contributed by atoms with van der Waals surface area (Å²) < 4.78 is 32.6. The van der Waals surface area contributed by atoms with Gasteiger partial charge in [0.1, 0.15) is 15.5 Å². The number of nitrogens with one attached hydrogen (secondary N) is 1. The van der Waals surface area contributed by atoms with Gasteiger partial charge in [-0.1, -0.05) is 12.1 Å². The molecule has 0 saturated carbocycles. The Labute approximate surface area is 197 Å². The van der Waals surface area contributed by atoms with Crippen molar-refractivity contribution in [2.75, 3.05) is 40.0 Å². The minimum absolute atomic E-state index is 0.144. The van der Waals surface area contributed by atoms with Crippen molar-refractivity contribution in [3.05, 3.63) is 46.8 Å². The highest BCUT2D eigenvalue weighted by Crippen LogP contribution is 2.41. The van der Waals surface area contributed by atoms with Gasteiger partial charge in [0, 0.05) is 26.2 Å². The first-order valence-electron chi connectivity index (χ1n) is 10.9. The largest absolute Gasteiger partial charge is 0.497 e. The molecule has 1 atom stereocenters. The van der Waals surface area contributed by atoms with Crippen molar-refractivity contribution in [3.63, 3.8) is 0 Å². The van der Waals surface area contributed by atoms with Crippen LogP contribution in [0.1, 0.15) is 24.0 Å². The number of thiophene rings is 1. The number of ether oxygens (including phenoxy) is 1. The number of rotatable bonds is 5. The van der Waals surface area contributed by atoms with Crippen LogP contribution in [0.5, 0.6) is 5.75 Å². The van der Waals surface area contributed by atoms with Crippen LogP contribution in [0.4, 0.5) is 4.79 Å². The number of benzene rings is 1. The second kappa shape index (κ2) is 8.39. The molecule has 2 aliphatic heterocycles.